The molecule has 2 aromatic carbocycles. The molecule has 2 aromatic rings. The second-order valence-electron chi connectivity index (χ2n) is 7.55. The topological polar surface area (TPSA) is 20.2 Å². The third-order valence-electron chi connectivity index (χ3n) is 5.58. The minimum absolute atomic E-state index is 0. The quantitative estimate of drug-likeness (QED) is 0.764. The monoisotopic (exact) mass is 407 g/mol. The molecule has 0 amide bonds. The number of phenols is 1. The molecule has 0 aliphatic carbocycles. The van der Waals surface area contributed by atoms with Crippen LogP contribution in [0.4, 0.5) is 4.39 Å². The highest BCUT2D eigenvalue weighted by Gasteiger charge is 2.34. The molecule has 2 nitrogen and oxygen atoms in total. The van der Waals surface area contributed by atoms with Gasteiger partial charge < -0.3 is 26.6 Å². The molecule has 4 heteroatoms. The zero-order valence-corrected chi connectivity index (χ0v) is 16.5. The molecule has 1 aliphatic rings. The number of piperidine rings is 1. The van der Waals surface area contributed by atoms with Crippen LogP contribution in [0.1, 0.15) is 42.7 Å². The van der Waals surface area contributed by atoms with Crippen molar-refractivity contribution in [2.45, 2.75) is 37.6 Å². The summed E-state index contributed by atoms with van der Waals surface area (Å²) in [5.41, 5.74) is 1.84. The lowest BCUT2D eigenvalue weighted by atomic mass is 9.82. The van der Waals surface area contributed by atoms with Crippen LogP contribution >= 0.6 is 0 Å². The molecular formula is C21H27BrFNO. The van der Waals surface area contributed by atoms with Crippen LogP contribution in [-0.2, 0) is 0 Å². The van der Waals surface area contributed by atoms with Crippen molar-refractivity contribution >= 4 is 0 Å². The maximum Gasteiger partial charge on any atom is 0.123 e. The average molecular weight is 408 g/mol. The number of phenolic OH excluding ortho intramolecular Hbond substituents is 1. The molecule has 1 saturated heterocycles. The standard InChI is InChI=1S/C21H26FNO.BrH/c1-23(2)13-7-6-10-18(23)15-19(16-8-4-3-5-9-16)20-14-17(22)11-12-21(20)24;/h3-5,8-9,11-12,14,18-19H,6-7,10,13,15H2,1-2H3;1H. The van der Waals surface area contributed by atoms with E-state index in [-0.39, 0.29) is 34.5 Å². The fourth-order valence-electron chi connectivity index (χ4n) is 4.04. The third-order valence-corrected chi connectivity index (χ3v) is 5.58. The number of nitrogens with zero attached hydrogens (tertiary/aromatic N) is 1. The van der Waals surface area contributed by atoms with E-state index in [0.29, 0.717) is 11.6 Å². The van der Waals surface area contributed by atoms with Crippen molar-refractivity contribution in [2.24, 2.45) is 0 Å². The minimum Gasteiger partial charge on any atom is -1.00 e. The Hall–Kier alpha value is -1.39. The lowest BCUT2D eigenvalue weighted by Crippen LogP contribution is -3.00. The van der Waals surface area contributed by atoms with Crippen molar-refractivity contribution in [3.8, 4) is 5.75 Å². The number of rotatable bonds is 4. The molecule has 1 heterocycles. The minimum atomic E-state index is -0.291. The van der Waals surface area contributed by atoms with Crippen molar-refractivity contribution < 1.29 is 31.0 Å². The van der Waals surface area contributed by atoms with E-state index in [0.717, 1.165) is 16.5 Å². The van der Waals surface area contributed by atoms with E-state index >= 15 is 0 Å². The van der Waals surface area contributed by atoms with Crippen LogP contribution in [0, 0.1) is 5.82 Å². The van der Waals surface area contributed by atoms with Crippen LogP contribution in [0.15, 0.2) is 48.5 Å². The number of likely N-dealkylation sites (tertiary alicyclic amines) is 1. The van der Waals surface area contributed by atoms with Crippen molar-refractivity contribution in [2.75, 3.05) is 20.6 Å². The SMILES string of the molecule is C[N+]1(C)CCCCC1CC(c1ccccc1)c1cc(F)ccc1O.[Br-]. The summed E-state index contributed by atoms with van der Waals surface area (Å²) < 4.78 is 14.8. The normalized spacial score (nSPS) is 20.5. The molecule has 136 valence electrons. The molecule has 2 atom stereocenters. The van der Waals surface area contributed by atoms with Crippen LogP contribution in [0.3, 0.4) is 0 Å². The Morgan fingerprint density at radius 1 is 1.12 bits per heavy atom. The molecule has 0 spiro atoms. The highest BCUT2D eigenvalue weighted by Crippen LogP contribution is 2.38. The van der Waals surface area contributed by atoms with Gasteiger partial charge in [0, 0.05) is 17.9 Å². The van der Waals surface area contributed by atoms with Crippen molar-refractivity contribution in [3.05, 3.63) is 65.5 Å². The average Bonchev–Trinajstić information content (AvgIpc) is 2.57. The Kier molecular flexibility index (Phi) is 6.64. The first-order valence-electron chi connectivity index (χ1n) is 8.83. The summed E-state index contributed by atoms with van der Waals surface area (Å²) in [5, 5.41) is 10.4. The molecule has 2 unspecified atom stereocenters. The molecule has 0 radical (unpaired) electrons. The molecule has 1 N–H and O–H groups in total. The number of quaternary nitrogens is 1. The van der Waals surface area contributed by atoms with E-state index in [1.54, 1.807) is 0 Å². The number of halogens is 2. The Bertz CT molecular complexity index is 690. The third kappa shape index (κ3) is 4.62. The summed E-state index contributed by atoms with van der Waals surface area (Å²) in [6.45, 7) is 1.18. The fourth-order valence-corrected chi connectivity index (χ4v) is 4.04. The van der Waals surface area contributed by atoms with E-state index in [4.69, 9.17) is 0 Å². The van der Waals surface area contributed by atoms with Crippen LogP contribution in [0.25, 0.3) is 0 Å². The summed E-state index contributed by atoms with van der Waals surface area (Å²) in [7, 11) is 4.58. The van der Waals surface area contributed by atoms with Gasteiger partial charge in [0.15, 0.2) is 0 Å². The molecule has 3 rings (SSSR count). The Labute approximate surface area is 160 Å². The number of hydrogen-bond donors (Lipinski definition) is 1. The zero-order valence-electron chi connectivity index (χ0n) is 15.0. The van der Waals surface area contributed by atoms with E-state index in [1.165, 1.54) is 44.0 Å². The van der Waals surface area contributed by atoms with Gasteiger partial charge in [-0.15, -0.1) is 0 Å². The Balaban J connectivity index is 0.00000225. The van der Waals surface area contributed by atoms with Gasteiger partial charge in [-0.25, -0.2) is 4.39 Å². The largest absolute Gasteiger partial charge is 1.00 e. The lowest BCUT2D eigenvalue weighted by molar-refractivity contribution is -0.920. The number of benzene rings is 2. The second kappa shape index (κ2) is 8.33. The maximum absolute atomic E-state index is 13.8. The Morgan fingerprint density at radius 3 is 2.52 bits per heavy atom. The molecule has 1 aliphatic heterocycles. The number of hydrogen-bond acceptors (Lipinski definition) is 1. The van der Waals surface area contributed by atoms with Crippen LogP contribution in [0.2, 0.25) is 0 Å². The van der Waals surface area contributed by atoms with Crippen LogP contribution < -0.4 is 17.0 Å². The lowest BCUT2D eigenvalue weighted by Gasteiger charge is -2.43. The van der Waals surface area contributed by atoms with Gasteiger partial charge in [-0.05, 0) is 43.0 Å². The van der Waals surface area contributed by atoms with E-state index in [2.05, 4.69) is 26.2 Å². The van der Waals surface area contributed by atoms with Crippen LogP contribution in [0.5, 0.6) is 5.75 Å². The summed E-state index contributed by atoms with van der Waals surface area (Å²) in [6.07, 6.45) is 4.63. The second-order valence-corrected chi connectivity index (χ2v) is 7.55. The van der Waals surface area contributed by atoms with E-state index in [1.807, 2.05) is 18.2 Å². The van der Waals surface area contributed by atoms with Crippen LogP contribution in [-0.4, -0.2) is 36.3 Å². The predicted molar refractivity (Wildman–Crippen MR) is 95.6 cm³/mol. The van der Waals surface area contributed by atoms with Gasteiger partial charge >= 0.3 is 0 Å². The van der Waals surface area contributed by atoms with Gasteiger partial charge in [-0.3, -0.25) is 0 Å². The van der Waals surface area contributed by atoms with Gasteiger partial charge in [-0.2, -0.15) is 0 Å². The van der Waals surface area contributed by atoms with Gasteiger partial charge in [0.2, 0.25) is 0 Å². The van der Waals surface area contributed by atoms with E-state index < -0.39 is 0 Å². The first-order chi connectivity index (χ1) is 11.5. The predicted octanol–water partition coefficient (Wildman–Crippen LogP) is 1.69. The fraction of sp³-hybridized carbons (Fsp3) is 0.429. The maximum atomic E-state index is 13.8. The summed E-state index contributed by atoms with van der Waals surface area (Å²) in [5.74, 6) is -0.0881. The zero-order chi connectivity index (χ0) is 17.2. The highest BCUT2D eigenvalue weighted by atomic mass is 79.9. The first kappa shape index (κ1) is 19.9. The van der Waals surface area contributed by atoms with Gasteiger partial charge in [-0.1, -0.05) is 30.3 Å². The number of aromatic hydroxyl groups is 1. The molecule has 0 aromatic heterocycles. The van der Waals surface area contributed by atoms with Gasteiger partial charge in [0.05, 0.1) is 26.7 Å². The summed E-state index contributed by atoms with van der Waals surface area (Å²) in [6, 6.07) is 15.0. The molecule has 0 bridgehead atoms. The first-order valence-corrected chi connectivity index (χ1v) is 8.83. The van der Waals surface area contributed by atoms with Crippen molar-refractivity contribution in [1.82, 2.24) is 0 Å². The molecule has 0 saturated carbocycles. The molecular weight excluding hydrogens is 381 g/mol. The smallest absolute Gasteiger partial charge is 0.123 e. The van der Waals surface area contributed by atoms with Crippen molar-refractivity contribution in [3.63, 3.8) is 0 Å². The highest BCUT2D eigenvalue weighted by molar-refractivity contribution is 5.41. The Morgan fingerprint density at radius 2 is 1.84 bits per heavy atom. The van der Waals surface area contributed by atoms with Gasteiger partial charge in [0.25, 0.3) is 0 Å². The summed E-state index contributed by atoms with van der Waals surface area (Å²) >= 11 is 0. The summed E-state index contributed by atoms with van der Waals surface area (Å²) in [4.78, 5) is 0. The van der Waals surface area contributed by atoms with Gasteiger partial charge in [0.1, 0.15) is 11.6 Å². The molecule has 25 heavy (non-hydrogen) atoms. The molecule has 1 fully saturated rings. The van der Waals surface area contributed by atoms with E-state index in [9.17, 15) is 9.50 Å². The van der Waals surface area contributed by atoms with Crippen molar-refractivity contribution in [1.29, 1.82) is 0 Å².